The molecule has 20 heavy (non-hydrogen) atoms. The Kier molecular flexibility index (Phi) is 5.16. The minimum atomic E-state index is 0.693. The van der Waals surface area contributed by atoms with Crippen LogP contribution < -0.4 is 4.74 Å². The van der Waals surface area contributed by atoms with E-state index in [0.29, 0.717) is 5.92 Å². The van der Waals surface area contributed by atoms with Gasteiger partial charge in [-0.25, -0.2) is 4.98 Å². The van der Waals surface area contributed by atoms with Gasteiger partial charge in [-0.15, -0.1) is 0 Å². The molecule has 0 aliphatic heterocycles. The van der Waals surface area contributed by atoms with E-state index in [1.807, 2.05) is 20.9 Å². The van der Waals surface area contributed by atoms with E-state index in [9.17, 15) is 0 Å². The average molecular weight is 274 g/mol. The minimum Gasteiger partial charge on any atom is -0.477 e. The average Bonchev–Trinajstić information content (AvgIpc) is 2.45. The van der Waals surface area contributed by atoms with Crippen molar-refractivity contribution in [2.24, 2.45) is 10.9 Å². The molecule has 3 nitrogen and oxygen atoms in total. The summed E-state index contributed by atoms with van der Waals surface area (Å²) in [5, 5.41) is 0. The van der Waals surface area contributed by atoms with Crippen LogP contribution in [0.3, 0.4) is 0 Å². The zero-order valence-electron chi connectivity index (χ0n) is 13.2. The van der Waals surface area contributed by atoms with Crippen molar-refractivity contribution >= 4 is 5.71 Å². The molecule has 1 saturated carbocycles. The van der Waals surface area contributed by atoms with Crippen LogP contribution in [0.1, 0.15) is 55.8 Å². The Morgan fingerprint density at radius 2 is 2.00 bits per heavy atom. The highest BCUT2D eigenvalue weighted by Gasteiger charge is 2.17. The molecular weight excluding hydrogens is 248 g/mol. The van der Waals surface area contributed by atoms with Crippen LogP contribution in [0.25, 0.3) is 0 Å². The van der Waals surface area contributed by atoms with Crippen molar-refractivity contribution < 1.29 is 4.74 Å². The molecule has 0 radical (unpaired) electrons. The van der Waals surface area contributed by atoms with Crippen molar-refractivity contribution in [3.63, 3.8) is 0 Å². The first-order valence-electron chi connectivity index (χ1n) is 7.66. The Labute approximate surface area is 122 Å². The number of aliphatic imine (C=N–C) groups is 1. The zero-order chi connectivity index (χ0) is 14.5. The first-order valence-corrected chi connectivity index (χ1v) is 7.66. The van der Waals surface area contributed by atoms with Crippen LogP contribution in [0, 0.1) is 19.8 Å². The fourth-order valence-corrected chi connectivity index (χ4v) is 3.01. The molecule has 0 unspecified atom stereocenters. The Morgan fingerprint density at radius 3 is 2.65 bits per heavy atom. The van der Waals surface area contributed by atoms with Gasteiger partial charge in [0, 0.05) is 18.5 Å². The van der Waals surface area contributed by atoms with Crippen LogP contribution in [0.5, 0.6) is 5.88 Å². The summed E-state index contributed by atoms with van der Waals surface area (Å²) in [4.78, 5) is 8.89. The molecule has 0 saturated heterocycles. The molecule has 0 atom stereocenters. The standard InChI is InChI=1S/C17H26N2O/c1-12-10-13(2)19-17(16(12)14(3)18-4)20-11-15-8-6-5-7-9-15/h10,15H,5-9,11H2,1-4H3. The molecule has 0 aromatic carbocycles. The van der Waals surface area contributed by atoms with Crippen molar-refractivity contribution in [1.29, 1.82) is 0 Å². The lowest BCUT2D eigenvalue weighted by molar-refractivity contribution is 0.202. The van der Waals surface area contributed by atoms with Gasteiger partial charge in [0.25, 0.3) is 0 Å². The molecule has 1 heterocycles. The van der Waals surface area contributed by atoms with Crippen LogP contribution in [-0.4, -0.2) is 24.4 Å². The third-order valence-electron chi connectivity index (χ3n) is 4.19. The molecule has 1 fully saturated rings. The number of aromatic nitrogens is 1. The fourth-order valence-electron chi connectivity index (χ4n) is 3.01. The van der Waals surface area contributed by atoms with Crippen molar-refractivity contribution in [3.05, 3.63) is 22.9 Å². The molecular formula is C17H26N2O. The first-order chi connectivity index (χ1) is 9.61. The summed E-state index contributed by atoms with van der Waals surface area (Å²) in [5.41, 5.74) is 4.26. The van der Waals surface area contributed by atoms with Gasteiger partial charge < -0.3 is 4.74 Å². The minimum absolute atomic E-state index is 0.693. The Hall–Kier alpha value is -1.38. The van der Waals surface area contributed by atoms with Crippen molar-refractivity contribution in [2.75, 3.05) is 13.7 Å². The fraction of sp³-hybridized carbons (Fsp3) is 0.647. The van der Waals surface area contributed by atoms with E-state index in [-0.39, 0.29) is 0 Å². The van der Waals surface area contributed by atoms with Gasteiger partial charge in [-0.05, 0) is 51.2 Å². The van der Waals surface area contributed by atoms with E-state index in [2.05, 4.69) is 23.0 Å². The van der Waals surface area contributed by atoms with Crippen LogP contribution in [0.15, 0.2) is 11.1 Å². The predicted molar refractivity (Wildman–Crippen MR) is 83.9 cm³/mol. The van der Waals surface area contributed by atoms with Gasteiger partial charge >= 0.3 is 0 Å². The smallest absolute Gasteiger partial charge is 0.223 e. The lowest BCUT2D eigenvalue weighted by Gasteiger charge is -2.22. The maximum atomic E-state index is 6.07. The highest BCUT2D eigenvalue weighted by molar-refractivity contribution is 6.01. The summed E-state index contributed by atoms with van der Waals surface area (Å²) >= 11 is 0. The normalized spacial score (nSPS) is 17.3. The summed E-state index contributed by atoms with van der Waals surface area (Å²) in [5.74, 6) is 1.45. The van der Waals surface area contributed by atoms with Crippen LogP contribution >= 0.6 is 0 Å². The van der Waals surface area contributed by atoms with E-state index in [4.69, 9.17) is 4.74 Å². The largest absolute Gasteiger partial charge is 0.477 e. The van der Waals surface area contributed by atoms with Gasteiger partial charge in [-0.2, -0.15) is 0 Å². The van der Waals surface area contributed by atoms with E-state index in [1.165, 1.54) is 37.7 Å². The van der Waals surface area contributed by atoms with Crippen molar-refractivity contribution in [1.82, 2.24) is 4.98 Å². The second kappa shape index (κ2) is 6.87. The third-order valence-corrected chi connectivity index (χ3v) is 4.19. The van der Waals surface area contributed by atoms with Gasteiger partial charge in [0.2, 0.25) is 5.88 Å². The van der Waals surface area contributed by atoms with Gasteiger partial charge in [0.05, 0.1) is 12.2 Å². The summed E-state index contributed by atoms with van der Waals surface area (Å²) in [6.07, 6.45) is 6.65. The second-order valence-corrected chi connectivity index (χ2v) is 5.88. The number of nitrogens with zero attached hydrogens (tertiary/aromatic N) is 2. The van der Waals surface area contributed by atoms with Gasteiger partial charge in [-0.1, -0.05) is 19.3 Å². The number of hydrogen-bond donors (Lipinski definition) is 0. The molecule has 1 aliphatic rings. The maximum absolute atomic E-state index is 6.07. The molecule has 2 rings (SSSR count). The molecule has 1 aromatic heterocycles. The molecule has 1 aliphatic carbocycles. The highest BCUT2D eigenvalue weighted by Crippen LogP contribution is 2.26. The first kappa shape index (κ1) is 15.0. The van der Waals surface area contributed by atoms with Crippen LogP contribution in [-0.2, 0) is 0 Å². The summed E-state index contributed by atoms with van der Waals surface area (Å²) < 4.78 is 6.07. The molecule has 1 aromatic rings. The number of hydrogen-bond acceptors (Lipinski definition) is 3. The molecule has 0 N–H and O–H groups in total. The Bertz CT molecular complexity index is 488. The Balaban J connectivity index is 2.16. The number of pyridine rings is 1. The SMILES string of the molecule is CN=C(C)c1c(C)cc(C)nc1OCC1CCCCC1. The summed E-state index contributed by atoms with van der Waals surface area (Å²) in [7, 11) is 1.82. The lowest BCUT2D eigenvalue weighted by Crippen LogP contribution is -2.17. The topological polar surface area (TPSA) is 34.5 Å². The molecule has 3 heteroatoms. The van der Waals surface area contributed by atoms with Crippen LogP contribution in [0.2, 0.25) is 0 Å². The van der Waals surface area contributed by atoms with Crippen LogP contribution in [0.4, 0.5) is 0 Å². The van der Waals surface area contributed by atoms with Crippen molar-refractivity contribution in [3.8, 4) is 5.88 Å². The third kappa shape index (κ3) is 3.59. The van der Waals surface area contributed by atoms with E-state index >= 15 is 0 Å². The maximum Gasteiger partial charge on any atom is 0.223 e. The zero-order valence-corrected chi connectivity index (χ0v) is 13.2. The number of ether oxygens (including phenoxy) is 1. The molecule has 0 amide bonds. The molecule has 110 valence electrons. The quantitative estimate of drug-likeness (QED) is 0.775. The summed E-state index contributed by atoms with van der Waals surface area (Å²) in [6.45, 7) is 6.93. The van der Waals surface area contributed by atoms with Gasteiger partial charge in [0.15, 0.2) is 0 Å². The van der Waals surface area contributed by atoms with Crippen molar-refractivity contribution in [2.45, 2.75) is 52.9 Å². The monoisotopic (exact) mass is 274 g/mol. The molecule has 0 bridgehead atoms. The molecule has 0 spiro atoms. The second-order valence-electron chi connectivity index (χ2n) is 5.88. The highest BCUT2D eigenvalue weighted by atomic mass is 16.5. The van der Waals surface area contributed by atoms with E-state index in [0.717, 1.165) is 29.5 Å². The lowest BCUT2D eigenvalue weighted by atomic mass is 9.90. The van der Waals surface area contributed by atoms with Gasteiger partial charge in [0.1, 0.15) is 0 Å². The Morgan fingerprint density at radius 1 is 1.30 bits per heavy atom. The predicted octanol–water partition coefficient (Wildman–Crippen LogP) is 4.10. The van der Waals surface area contributed by atoms with Gasteiger partial charge in [-0.3, -0.25) is 4.99 Å². The van der Waals surface area contributed by atoms with E-state index in [1.54, 1.807) is 0 Å². The summed E-state index contributed by atoms with van der Waals surface area (Å²) in [6, 6.07) is 2.09. The number of aryl methyl sites for hydroxylation is 2. The number of rotatable bonds is 4. The van der Waals surface area contributed by atoms with E-state index < -0.39 is 0 Å².